The van der Waals surface area contributed by atoms with Crippen LogP contribution >= 0.6 is 23.2 Å². The maximum atomic E-state index is 12.4. The second-order valence-corrected chi connectivity index (χ2v) is 6.25. The summed E-state index contributed by atoms with van der Waals surface area (Å²) in [7, 11) is 0. The van der Waals surface area contributed by atoms with Crippen molar-refractivity contribution in [2.45, 2.75) is 6.92 Å². The summed E-state index contributed by atoms with van der Waals surface area (Å²) in [6, 6.07) is 14.4. The summed E-state index contributed by atoms with van der Waals surface area (Å²) in [5.41, 5.74) is 3.45. The Hall–Kier alpha value is -2.56. The summed E-state index contributed by atoms with van der Waals surface area (Å²) in [6.07, 6.45) is 3.15. The van der Waals surface area contributed by atoms with Crippen molar-refractivity contribution in [1.29, 1.82) is 0 Å². The SMILES string of the molecule is Cc1c(Cl)cccc1Nc1cncc(C(=O)Nc2ccccc2Cl)c1. The minimum absolute atomic E-state index is 0.285. The first-order valence-electron chi connectivity index (χ1n) is 7.57. The topological polar surface area (TPSA) is 54.0 Å². The van der Waals surface area contributed by atoms with E-state index in [2.05, 4.69) is 15.6 Å². The Morgan fingerprint density at radius 2 is 1.68 bits per heavy atom. The molecule has 1 heterocycles. The zero-order chi connectivity index (χ0) is 17.8. The van der Waals surface area contributed by atoms with Crippen LogP contribution < -0.4 is 10.6 Å². The molecule has 0 spiro atoms. The fraction of sp³-hybridized carbons (Fsp3) is 0.0526. The molecule has 0 aliphatic rings. The fourth-order valence-corrected chi connectivity index (χ4v) is 2.65. The lowest BCUT2D eigenvalue weighted by atomic mass is 10.2. The number of rotatable bonds is 4. The van der Waals surface area contributed by atoms with E-state index in [1.54, 1.807) is 36.5 Å². The molecule has 126 valence electrons. The Kier molecular flexibility index (Phi) is 5.22. The second kappa shape index (κ2) is 7.55. The molecule has 6 heteroatoms. The molecule has 0 radical (unpaired) electrons. The highest BCUT2D eigenvalue weighted by Crippen LogP contribution is 2.26. The van der Waals surface area contributed by atoms with Crippen molar-refractivity contribution in [1.82, 2.24) is 4.98 Å². The molecule has 0 atom stereocenters. The van der Waals surface area contributed by atoms with Crippen molar-refractivity contribution in [3.8, 4) is 0 Å². The fourth-order valence-electron chi connectivity index (χ4n) is 2.29. The van der Waals surface area contributed by atoms with E-state index in [1.165, 1.54) is 6.20 Å². The Morgan fingerprint density at radius 1 is 0.960 bits per heavy atom. The number of hydrogen-bond donors (Lipinski definition) is 2. The molecule has 0 saturated heterocycles. The molecule has 3 rings (SSSR count). The van der Waals surface area contributed by atoms with Crippen molar-refractivity contribution < 1.29 is 4.79 Å². The molecule has 2 N–H and O–H groups in total. The number of carbonyl (C=O) groups is 1. The molecular weight excluding hydrogens is 357 g/mol. The molecule has 0 unspecified atom stereocenters. The van der Waals surface area contributed by atoms with Gasteiger partial charge in [0.1, 0.15) is 0 Å². The summed E-state index contributed by atoms with van der Waals surface area (Å²) in [4.78, 5) is 16.6. The lowest BCUT2D eigenvalue weighted by molar-refractivity contribution is 0.102. The summed E-state index contributed by atoms with van der Waals surface area (Å²) in [5, 5.41) is 7.16. The monoisotopic (exact) mass is 371 g/mol. The standard InChI is InChI=1S/C19H15Cl2N3O/c1-12-15(20)6-4-8-17(12)23-14-9-13(10-22-11-14)19(25)24-18-7-3-2-5-16(18)21/h2-11,23H,1H3,(H,24,25). The third-order valence-corrected chi connectivity index (χ3v) is 4.41. The van der Waals surface area contributed by atoms with E-state index in [0.29, 0.717) is 27.0 Å². The molecule has 0 fully saturated rings. The number of nitrogens with zero attached hydrogens (tertiary/aromatic N) is 1. The molecule has 4 nitrogen and oxygen atoms in total. The number of carbonyl (C=O) groups excluding carboxylic acids is 1. The van der Waals surface area contributed by atoms with Gasteiger partial charge in [-0.25, -0.2) is 0 Å². The Bertz CT molecular complexity index is 928. The van der Waals surface area contributed by atoms with Crippen LogP contribution in [0, 0.1) is 6.92 Å². The highest BCUT2D eigenvalue weighted by molar-refractivity contribution is 6.34. The minimum Gasteiger partial charge on any atom is -0.354 e. The number of halogens is 2. The summed E-state index contributed by atoms with van der Waals surface area (Å²) in [5.74, 6) is -0.285. The average Bonchev–Trinajstić information content (AvgIpc) is 2.61. The number of pyridine rings is 1. The molecule has 0 aliphatic carbocycles. The quantitative estimate of drug-likeness (QED) is 0.618. The van der Waals surface area contributed by atoms with Gasteiger partial charge in [-0.3, -0.25) is 9.78 Å². The molecule has 1 amide bonds. The van der Waals surface area contributed by atoms with Crippen LogP contribution in [0.15, 0.2) is 60.9 Å². The second-order valence-electron chi connectivity index (χ2n) is 5.43. The van der Waals surface area contributed by atoms with Crippen LogP contribution in [-0.4, -0.2) is 10.9 Å². The molecule has 1 aromatic heterocycles. The van der Waals surface area contributed by atoms with E-state index in [9.17, 15) is 4.79 Å². The molecule has 0 bridgehead atoms. The Morgan fingerprint density at radius 3 is 2.48 bits per heavy atom. The Balaban J connectivity index is 1.80. The number of amides is 1. The number of para-hydroxylation sites is 1. The zero-order valence-corrected chi connectivity index (χ0v) is 14.9. The normalized spacial score (nSPS) is 10.4. The number of aromatic nitrogens is 1. The minimum atomic E-state index is -0.285. The number of nitrogens with one attached hydrogen (secondary N) is 2. The molecule has 3 aromatic rings. The Labute approximate surface area is 155 Å². The van der Waals surface area contributed by atoms with Gasteiger partial charge in [0.15, 0.2) is 0 Å². The number of hydrogen-bond acceptors (Lipinski definition) is 3. The van der Waals surface area contributed by atoms with Gasteiger partial charge in [-0.05, 0) is 42.8 Å². The molecule has 0 aliphatic heterocycles. The van der Waals surface area contributed by atoms with Gasteiger partial charge in [0.05, 0.1) is 28.2 Å². The van der Waals surface area contributed by atoms with Crippen LogP contribution in [0.5, 0.6) is 0 Å². The predicted molar refractivity (Wildman–Crippen MR) is 103 cm³/mol. The lowest BCUT2D eigenvalue weighted by Gasteiger charge is -2.12. The largest absolute Gasteiger partial charge is 0.354 e. The third-order valence-electron chi connectivity index (χ3n) is 3.67. The van der Waals surface area contributed by atoms with Gasteiger partial charge in [0, 0.05) is 16.9 Å². The van der Waals surface area contributed by atoms with Crippen LogP contribution in [0.4, 0.5) is 17.1 Å². The van der Waals surface area contributed by atoms with E-state index in [-0.39, 0.29) is 5.91 Å². The highest BCUT2D eigenvalue weighted by atomic mass is 35.5. The van der Waals surface area contributed by atoms with Crippen molar-refractivity contribution in [2.24, 2.45) is 0 Å². The number of anilines is 3. The average molecular weight is 372 g/mol. The van der Waals surface area contributed by atoms with Gasteiger partial charge >= 0.3 is 0 Å². The van der Waals surface area contributed by atoms with Crippen LogP contribution in [0.25, 0.3) is 0 Å². The van der Waals surface area contributed by atoms with Gasteiger partial charge < -0.3 is 10.6 Å². The zero-order valence-electron chi connectivity index (χ0n) is 13.4. The summed E-state index contributed by atoms with van der Waals surface area (Å²) < 4.78 is 0. The van der Waals surface area contributed by atoms with Gasteiger partial charge in [-0.1, -0.05) is 41.4 Å². The lowest BCUT2D eigenvalue weighted by Crippen LogP contribution is -2.12. The van der Waals surface area contributed by atoms with Crippen molar-refractivity contribution in [2.75, 3.05) is 10.6 Å². The third kappa shape index (κ3) is 4.10. The first kappa shape index (κ1) is 17.3. The number of benzene rings is 2. The smallest absolute Gasteiger partial charge is 0.257 e. The first-order chi connectivity index (χ1) is 12.0. The van der Waals surface area contributed by atoms with Gasteiger partial charge in [0.2, 0.25) is 0 Å². The first-order valence-corrected chi connectivity index (χ1v) is 8.33. The van der Waals surface area contributed by atoms with E-state index in [1.807, 2.05) is 25.1 Å². The highest BCUT2D eigenvalue weighted by Gasteiger charge is 2.10. The molecular formula is C19H15Cl2N3O. The van der Waals surface area contributed by atoms with Crippen molar-refractivity contribution in [3.05, 3.63) is 82.1 Å². The van der Waals surface area contributed by atoms with Crippen molar-refractivity contribution in [3.63, 3.8) is 0 Å². The molecule has 2 aromatic carbocycles. The van der Waals surface area contributed by atoms with E-state index in [4.69, 9.17) is 23.2 Å². The molecule has 25 heavy (non-hydrogen) atoms. The van der Waals surface area contributed by atoms with Gasteiger partial charge in [0.25, 0.3) is 5.91 Å². The van der Waals surface area contributed by atoms with E-state index >= 15 is 0 Å². The summed E-state index contributed by atoms with van der Waals surface area (Å²) >= 11 is 12.2. The maximum absolute atomic E-state index is 12.4. The molecule has 0 saturated carbocycles. The van der Waals surface area contributed by atoms with Crippen LogP contribution in [-0.2, 0) is 0 Å². The van der Waals surface area contributed by atoms with Crippen molar-refractivity contribution >= 4 is 46.2 Å². The van der Waals surface area contributed by atoms with Crippen LogP contribution in [0.2, 0.25) is 10.0 Å². The maximum Gasteiger partial charge on any atom is 0.257 e. The van der Waals surface area contributed by atoms with Gasteiger partial charge in [-0.2, -0.15) is 0 Å². The predicted octanol–water partition coefficient (Wildman–Crippen LogP) is 5.69. The van der Waals surface area contributed by atoms with E-state index < -0.39 is 0 Å². The summed E-state index contributed by atoms with van der Waals surface area (Å²) in [6.45, 7) is 1.92. The van der Waals surface area contributed by atoms with Crippen LogP contribution in [0.3, 0.4) is 0 Å². The van der Waals surface area contributed by atoms with E-state index in [0.717, 1.165) is 11.3 Å². The van der Waals surface area contributed by atoms with Crippen LogP contribution in [0.1, 0.15) is 15.9 Å². The van der Waals surface area contributed by atoms with Gasteiger partial charge in [-0.15, -0.1) is 0 Å².